The molecule has 2 aromatic rings. The second-order valence-electron chi connectivity index (χ2n) is 6.80. The zero-order valence-corrected chi connectivity index (χ0v) is 17.6. The molecule has 144 valence electrons. The van der Waals surface area contributed by atoms with Gasteiger partial charge in [0.2, 0.25) is 0 Å². The molecule has 1 saturated heterocycles. The lowest BCUT2D eigenvalue weighted by molar-refractivity contribution is -0.123. The molecule has 0 aromatic heterocycles. The van der Waals surface area contributed by atoms with E-state index in [1.54, 1.807) is 18.2 Å². The van der Waals surface area contributed by atoms with Gasteiger partial charge in [-0.15, -0.1) is 0 Å². The fourth-order valence-corrected chi connectivity index (χ4v) is 4.00. The van der Waals surface area contributed by atoms with E-state index in [1.165, 1.54) is 37.9 Å². The Hall–Kier alpha value is -1.56. The average Bonchev–Trinajstić information content (AvgIpc) is 2.67. The molecule has 2 aromatic carbocycles. The van der Waals surface area contributed by atoms with Crippen LogP contribution in [0.15, 0.2) is 46.9 Å². The van der Waals surface area contributed by atoms with E-state index in [-0.39, 0.29) is 12.5 Å². The van der Waals surface area contributed by atoms with E-state index in [9.17, 15) is 4.79 Å². The summed E-state index contributed by atoms with van der Waals surface area (Å²) in [4.78, 5) is 14.6. The number of ether oxygens (including phenoxy) is 1. The number of amides is 1. The van der Waals surface area contributed by atoms with Crippen LogP contribution in [0.5, 0.6) is 5.75 Å². The van der Waals surface area contributed by atoms with Crippen LogP contribution in [0.4, 0.5) is 0 Å². The average molecular weight is 452 g/mol. The zero-order chi connectivity index (χ0) is 19.1. The van der Waals surface area contributed by atoms with Crippen molar-refractivity contribution in [1.29, 1.82) is 0 Å². The summed E-state index contributed by atoms with van der Waals surface area (Å²) in [5.74, 6) is 0.441. The van der Waals surface area contributed by atoms with Gasteiger partial charge in [0.25, 0.3) is 5.91 Å². The van der Waals surface area contributed by atoms with Gasteiger partial charge in [0.15, 0.2) is 6.61 Å². The smallest absolute Gasteiger partial charge is 0.258 e. The Morgan fingerprint density at radius 1 is 1.11 bits per heavy atom. The second kappa shape index (κ2) is 10.1. The SMILES string of the molecule is O=C(COc1ccc(Cl)cc1Br)NCc1cccc(CN2CCCCC2)c1. The lowest BCUT2D eigenvalue weighted by atomic mass is 10.1. The van der Waals surface area contributed by atoms with Crippen LogP contribution in [0.1, 0.15) is 30.4 Å². The molecule has 1 heterocycles. The van der Waals surface area contributed by atoms with E-state index >= 15 is 0 Å². The van der Waals surface area contributed by atoms with E-state index < -0.39 is 0 Å². The highest BCUT2D eigenvalue weighted by Crippen LogP contribution is 2.27. The van der Waals surface area contributed by atoms with Gasteiger partial charge in [-0.3, -0.25) is 9.69 Å². The first-order chi connectivity index (χ1) is 13.1. The highest BCUT2D eigenvalue weighted by atomic mass is 79.9. The third-order valence-corrected chi connectivity index (χ3v) is 5.44. The third kappa shape index (κ3) is 6.52. The van der Waals surface area contributed by atoms with E-state index in [1.807, 2.05) is 6.07 Å². The summed E-state index contributed by atoms with van der Waals surface area (Å²) in [6.45, 7) is 3.80. The van der Waals surface area contributed by atoms with Crippen molar-refractivity contribution in [2.45, 2.75) is 32.4 Å². The van der Waals surface area contributed by atoms with Crippen LogP contribution >= 0.6 is 27.5 Å². The van der Waals surface area contributed by atoms with Crippen molar-refractivity contribution in [3.05, 3.63) is 63.1 Å². The number of nitrogens with zero attached hydrogens (tertiary/aromatic N) is 1. The fourth-order valence-electron chi connectivity index (χ4n) is 3.20. The maximum Gasteiger partial charge on any atom is 0.258 e. The van der Waals surface area contributed by atoms with E-state index in [4.69, 9.17) is 16.3 Å². The predicted octanol–water partition coefficient (Wildman–Crippen LogP) is 4.78. The normalized spacial score (nSPS) is 14.7. The molecule has 1 amide bonds. The number of nitrogens with one attached hydrogen (secondary N) is 1. The Kier molecular flexibility index (Phi) is 7.56. The number of likely N-dealkylation sites (tertiary alicyclic amines) is 1. The Bertz CT molecular complexity index is 779. The highest BCUT2D eigenvalue weighted by Gasteiger charge is 2.11. The predicted molar refractivity (Wildman–Crippen MR) is 112 cm³/mol. The maximum atomic E-state index is 12.1. The molecule has 1 N–H and O–H groups in total. The van der Waals surface area contributed by atoms with Crippen LogP contribution in [0.2, 0.25) is 5.02 Å². The lowest BCUT2D eigenvalue weighted by Crippen LogP contribution is -2.29. The number of piperidine rings is 1. The van der Waals surface area contributed by atoms with Crippen LogP contribution in [-0.2, 0) is 17.9 Å². The van der Waals surface area contributed by atoms with Crippen LogP contribution in [0.25, 0.3) is 0 Å². The first kappa shape index (κ1) is 20.2. The summed E-state index contributed by atoms with van der Waals surface area (Å²) >= 11 is 9.28. The van der Waals surface area contributed by atoms with Gasteiger partial charge in [-0.1, -0.05) is 42.3 Å². The molecular formula is C21H24BrClN2O2. The van der Waals surface area contributed by atoms with Crippen LogP contribution in [0.3, 0.4) is 0 Å². The van der Waals surface area contributed by atoms with E-state index in [0.717, 1.165) is 16.6 Å². The van der Waals surface area contributed by atoms with Gasteiger partial charge in [-0.25, -0.2) is 0 Å². The number of hydrogen-bond acceptors (Lipinski definition) is 3. The van der Waals surface area contributed by atoms with Crippen LogP contribution < -0.4 is 10.1 Å². The van der Waals surface area contributed by atoms with Crippen molar-refractivity contribution >= 4 is 33.4 Å². The van der Waals surface area contributed by atoms with E-state index in [2.05, 4.69) is 44.3 Å². The number of rotatable bonds is 7. The van der Waals surface area contributed by atoms with Crippen molar-refractivity contribution in [2.24, 2.45) is 0 Å². The molecule has 0 aliphatic carbocycles. The molecule has 1 aliphatic rings. The highest BCUT2D eigenvalue weighted by molar-refractivity contribution is 9.10. The van der Waals surface area contributed by atoms with Gasteiger partial charge in [0, 0.05) is 18.1 Å². The molecule has 1 aliphatic heterocycles. The minimum absolute atomic E-state index is 0.0340. The summed E-state index contributed by atoms with van der Waals surface area (Å²) in [5, 5.41) is 3.53. The van der Waals surface area contributed by atoms with Gasteiger partial charge >= 0.3 is 0 Å². The molecule has 0 bridgehead atoms. The molecule has 0 spiro atoms. The molecule has 6 heteroatoms. The van der Waals surface area contributed by atoms with Gasteiger partial charge in [0.05, 0.1) is 4.47 Å². The minimum Gasteiger partial charge on any atom is -0.483 e. The molecular weight excluding hydrogens is 428 g/mol. The molecule has 27 heavy (non-hydrogen) atoms. The lowest BCUT2D eigenvalue weighted by Gasteiger charge is -2.26. The van der Waals surface area contributed by atoms with Crippen molar-refractivity contribution < 1.29 is 9.53 Å². The molecule has 0 unspecified atom stereocenters. The first-order valence-corrected chi connectivity index (χ1v) is 10.4. The first-order valence-electron chi connectivity index (χ1n) is 9.25. The number of benzene rings is 2. The van der Waals surface area contributed by atoms with Gasteiger partial charge in [0.1, 0.15) is 5.75 Å². The Morgan fingerprint density at radius 3 is 2.67 bits per heavy atom. The molecule has 0 saturated carbocycles. The van der Waals surface area contributed by atoms with Gasteiger partial charge in [-0.05, 0) is 71.2 Å². The fraction of sp³-hybridized carbons (Fsp3) is 0.381. The quantitative estimate of drug-likeness (QED) is 0.658. The Morgan fingerprint density at radius 2 is 1.89 bits per heavy atom. The largest absolute Gasteiger partial charge is 0.483 e. The van der Waals surface area contributed by atoms with E-state index in [0.29, 0.717) is 17.3 Å². The molecule has 1 fully saturated rings. The van der Waals surface area contributed by atoms with Crippen molar-refractivity contribution in [3.8, 4) is 5.75 Å². The van der Waals surface area contributed by atoms with Gasteiger partial charge < -0.3 is 10.1 Å². The summed E-state index contributed by atoms with van der Waals surface area (Å²) in [7, 11) is 0. The Balaban J connectivity index is 1.46. The third-order valence-electron chi connectivity index (χ3n) is 4.59. The summed E-state index contributed by atoms with van der Waals surface area (Å²) in [6.07, 6.45) is 3.93. The number of hydrogen-bond donors (Lipinski definition) is 1. The molecule has 3 rings (SSSR count). The maximum absolute atomic E-state index is 12.1. The van der Waals surface area contributed by atoms with Crippen molar-refractivity contribution in [1.82, 2.24) is 10.2 Å². The second-order valence-corrected chi connectivity index (χ2v) is 8.09. The summed E-state index contributed by atoms with van der Waals surface area (Å²) < 4.78 is 6.27. The number of carbonyl (C=O) groups excluding carboxylic acids is 1. The Labute approximate surface area is 174 Å². The molecule has 0 radical (unpaired) electrons. The van der Waals surface area contributed by atoms with Crippen molar-refractivity contribution in [2.75, 3.05) is 19.7 Å². The number of carbonyl (C=O) groups is 1. The minimum atomic E-state index is -0.154. The summed E-state index contributed by atoms with van der Waals surface area (Å²) in [5.41, 5.74) is 2.40. The van der Waals surface area contributed by atoms with Crippen LogP contribution in [-0.4, -0.2) is 30.5 Å². The van der Waals surface area contributed by atoms with Crippen molar-refractivity contribution in [3.63, 3.8) is 0 Å². The standard InChI is InChI=1S/C21H24BrClN2O2/c22-19-12-18(23)7-8-20(19)27-15-21(26)24-13-16-5-4-6-17(11-16)14-25-9-2-1-3-10-25/h4-8,11-12H,1-3,9-10,13-15H2,(H,24,26). The molecule has 0 atom stereocenters. The monoisotopic (exact) mass is 450 g/mol. The topological polar surface area (TPSA) is 41.6 Å². The molecule has 4 nitrogen and oxygen atoms in total. The zero-order valence-electron chi connectivity index (χ0n) is 15.2. The van der Waals surface area contributed by atoms with Crippen LogP contribution in [0, 0.1) is 0 Å². The van der Waals surface area contributed by atoms with Gasteiger partial charge in [-0.2, -0.15) is 0 Å². The number of halogens is 2. The summed E-state index contributed by atoms with van der Waals surface area (Å²) in [6, 6.07) is 13.6.